The topological polar surface area (TPSA) is 70.2 Å². The van der Waals surface area contributed by atoms with Crippen LogP contribution in [-0.4, -0.2) is 85.4 Å². The Labute approximate surface area is 175 Å². The molecule has 2 saturated heterocycles. The average Bonchev–Trinajstić information content (AvgIpc) is 3.11. The molecular formula is C22H39N3O4. The molecule has 0 aromatic carbocycles. The first kappa shape index (κ1) is 23.6. The Kier molecular flexibility index (Phi) is 10.5. The van der Waals surface area contributed by atoms with Gasteiger partial charge in [0, 0.05) is 32.5 Å². The normalized spacial score (nSPS) is 18.0. The predicted molar refractivity (Wildman–Crippen MR) is 112 cm³/mol. The summed E-state index contributed by atoms with van der Waals surface area (Å²) in [6.07, 6.45) is 7.61. The molecule has 0 unspecified atom stereocenters. The van der Waals surface area contributed by atoms with Gasteiger partial charge in [-0.25, -0.2) is 0 Å². The molecule has 2 aliphatic heterocycles. The molecule has 0 spiro atoms. The van der Waals surface area contributed by atoms with Crippen LogP contribution in [0.1, 0.15) is 64.7 Å². The van der Waals surface area contributed by atoms with Gasteiger partial charge >= 0.3 is 5.97 Å². The van der Waals surface area contributed by atoms with Gasteiger partial charge in [0.25, 0.3) is 0 Å². The van der Waals surface area contributed by atoms with E-state index in [1.165, 1.54) is 19.3 Å². The minimum Gasteiger partial charge on any atom is -0.464 e. The molecule has 0 saturated carbocycles. The van der Waals surface area contributed by atoms with Crippen molar-refractivity contribution in [1.82, 2.24) is 14.7 Å². The molecule has 0 aromatic rings. The molecule has 0 aliphatic carbocycles. The number of rotatable bonds is 12. The summed E-state index contributed by atoms with van der Waals surface area (Å²) in [4.78, 5) is 41.8. The molecule has 2 fully saturated rings. The van der Waals surface area contributed by atoms with Gasteiger partial charge in [-0.2, -0.15) is 0 Å². The summed E-state index contributed by atoms with van der Waals surface area (Å²) in [6, 6.07) is 0. The first-order chi connectivity index (χ1) is 14.0. The zero-order valence-electron chi connectivity index (χ0n) is 18.4. The Balaban J connectivity index is 1.52. The number of nitrogens with zero attached hydrogens (tertiary/aromatic N) is 3. The highest BCUT2D eigenvalue weighted by Crippen LogP contribution is 2.22. The van der Waals surface area contributed by atoms with Crippen molar-refractivity contribution < 1.29 is 19.1 Å². The van der Waals surface area contributed by atoms with Crippen molar-refractivity contribution in [2.75, 3.05) is 52.9 Å². The van der Waals surface area contributed by atoms with Crippen molar-refractivity contribution >= 4 is 17.8 Å². The number of likely N-dealkylation sites (tertiary alicyclic amines) is 2. The molecule has 2 heterocycles. The molecule has 2 amide bonds. The zero-order chi connectivity index (χ0) is 21.1. The second kappa shape index (κ2) is 12.8. The molecular weight excluding hydrogens is 370 g/mol. The van der Waals surface area contributed by atoms with Crippen molar-refractivity contribution in [3.63, 3.8) is 0 Å². The lowest BCUT2D eigenvalue weighted by Gasteiger charge is -2.32. The Morgan fingerprint density at radius 1 is 1.14 bits per heavy atom. The van der Waals surface area contributed by atoms with E-state index in [9.17, 15) is 14.4 Å². The fourth-order valence-electron chi connectivity index (χ4n) is 4.26. The van der Waals surface area contributed by atoms with Crippen molar-refractivity contribution in [2.45, 2.75) is 64.7 Å². The molecule has 0 N–H and O–H groups in total. The lowest BCUT2D eigenvalue weighted by molar-refractivity contribution is -0.147. The molecule has 0 atom stereocenters. The first-order valence-electron chi connectivity index (χ1n) is 11.4. The third-order valence-electron chi connectivity index (χ3n) is 6.06. The first-order valence-corrected chi connectivity index (χ1v) is 11.4. The minimum atomic E-state index is -0.351. The van der Waals surface area contributed by atoms with Crippen LogP contribution in [0, 0.1) is 5.92 Å². The Morgan fingerprint density at radius 3 is 2.55 bits per heavy atom. The highest BCUT2D eigenvalue weighted by molar-refractivity contribution is 5.81. The fourth-order valence-corrected chi connectivity index (χ4v) is 4.26. The zero-order valence-corrected chi connectivity index (χ0v) is 18.4. The smallest absolute Gasteiger partial charge is 0.306 e. The highest BCUT2D eigenvalue weighted by Gasteiger charge is 2.23. The maximum absolute atomic E-state index is 12.4. The number of piperidine rings is 1. The van der Waals surface area contributed by atoms with Gasteiger partial charge in [-0.1, -0.05) is 6.92 Å². The SMILES string of the molecule is CCCN(C)CCCC1CCN(C(=O)CCC(=O)OCCN2CCCC2=O)CC1. The van der Waals surface area contributed by atoms with Gasteiger partial charge in [0.1, 0.15) is 6.61 Å². The minimum absolute atomic E-state index is 0.0535. The number of amides is 2. The number of ether oxygens (including phenoxy) is 1. The number of esters is 1. The van der Waals surface area contributed by atoms with Gasteiger partial charge in [0.15, 0.2) is 0 Å². The maximum atomic E-state index is 12.4. The van der Waals surface area contributed by atoms with E-state index in [1.54, 1.807) is 4.90 Å². The summed E-state index contributed by atoms with van der Waals surface area (Å²) < 4.78 is 5.18. The second-order valence-electron chi connectivity index (χ2n) is 8.47. The van der Waals surface area contributed by atoms with Crippen LogP contribution < -0.4 is 0 Å². The standard InChI is InChI=1S/C22H39N3O4/c1-3-12-23(2)13-4-6-19-10-15-25(16-11-19)21(27)8-9-22(28)29-18-17-24-14-5-7-20(24)26/h19H,3-18H2,1-2H3. The Bertz CT molecular complexity index is 532. The number of hydrogen-bond acceptors (Lipinski definition) is 5. The summed E-state index contributed by atoms with van der Waals surface area (Å²) >= 11 is 0. The van der Waals surface area contributed by atoms with Crippen molar-refractivity contribution in [2.24, 2.45) is 5.92 Å². The highest BCUT2D eigenvalue weighted by atomic mass is 16.5. The van der Waals surface area contributed by atoms with Crippen molar-refractivity contribution in [3.8, 4) is 0 Å². The van der Waals surface area contributed by atoms with Crippen molar-refractivity contribution in [1.29, 1.82) is 0 Å². The fraction of sp³-hybridized carbons (Fsp3) is 0.864. The van der Waals surface area contributed by atoms with Gasteiger partial charge in [-0.3, -0.25) is 14.4 Å². The van der Waals surface area contributed by atoms with Crippen LogP contribution in [-0.2, 0) is 19.1 Å². The van der Waals surface area contributed by atoms with E-state index in [0.29, 0.717) is 18.9 Å². The van der Waals surface area contributed by atoms with E-state index in [2.05, 4.69) is 18.9 Å². The molecule has 0 radical (unpaired) electrons. The van der Waals surface area contributed by atoms with E-state index >= 15 is 0 Å². The van der Waals surface area contributed by atoms with Gasteiger partial charge < -0.3 is 19.4 Å². The summed E-state index contributed by atoms with van der Waals surface area (Å²) in [6.45, 7) is 7.56. The lowest BCUT2D eigenvalue weighted by atomic mass is 9.92. The maximum Gasteiger partial charge on any atom is 0.306 e. The van der Waals surface area contributed by atoms with Crippen LogP contribution in [0.3, 0.4) is 0 Å². The van der Waals surface area contributed by atoms with E-state index in [0.717, 1.165) is 52.0 Å². The van der Waals surface area contributed by atoms with Gasteiger partial charge in [-0.05, 0) is 64.6 Å². The van der Waals surface area contributed by atoms with E-state index < -0.39 is 0 Å². The molecule has 7 nitrogen and oxygen atoms in total. The van der Waals surface area contributed by atoms with Crippen LogP contribution in [0.5, 0.6) is 0 Å². The monoisotopic (exact) mass is 409 g/mol. The van der Waals surface area contributed by atoms with Crippen LogP contribution in [0.15, 0.2) is 0 Å². The molecule has 2 aliphatic rings. The largest absolute Gasteiger partial charge is 0.464 e. The molecule has 7 heteroatoms. The summed E-state index contributed by atoms with van der Waals surface area (Å²) in [5.74, 6) is 0.550. The number of hydrogen-bond donors (Lipinski definition) is 0. The lowest BCUT2D eigenvalue weighted by Crippen LogP contribution is -2.38. The Morgan fingerprint density at radius 2 is 1.90 bits per heavy atom. The van der Waals surface area contributed by atoms with E-state index in [-0.39, 0.29) is 37.2 Å². The van der Waals surface area contributed by atoms with Crippen LogP contribution in [0.2, 0.25) is 0 Å². The third kappa shape index (κ3) is 8.72. The van der Waals surface area contributed by atoms with Crippen LogP contribution in [0.4, 0.5) is 0 Å². The average molecular weight is 410 g/mol. The summed E-state index contributed by atoms with van der Waals surface area (Å²) in [5.41, 5.74) is 0. The van der Waals surface area contributed by atoms with Crippen LogP contribution in [0.25, 0.3) is 0 Å². The second-order valence-corrected chi connectivity index (χ2v) is 8.47. The number of carbonyl (C=O) groups is 3. The number of carbonyl (C=O) groups excluding carboxylic acids is 3. The van der Waals surface area contributed by atoms with Crippen LogP contribution >= 0.6 is 0 Å². The Hall–Kier alpha value is -1.63. The van der Waals surface area contributed by atoms with E-state index in [1.807, 2.05) is 4.90 Å². The molecule has 29 heavy (non-hydrogen) atoms. The van der Waals surface area contributed by atoms with Crippen molar-refractivity contribution in [3.05, 3.63) is 0 Å². The van der Waals surface area contributed by atoms with Gasteiger partial charge in [0.05, 0.1) is 13.0 Å². The molecule has 0 aromatic heterocycles. The van der Waals surface area contributed by atoms with E-state index in [4.69, 9.17) is 4.74 Å². The summed E-state index contributed by atoms with van der Waals surface area (Å²) in [7, 11) is 2.18. The predicted octanol–water partition coefficient (Wildman–Crippen LogP) is 2.29. The van der Waals surface area contributed by atoms with Gasteiger partial charge in [-0.15, -0.1) is 0 Å². The quantitative estimate of drug-likeness (QED) is 0.463. The summed E-state index contributed by atoms with van der Waals surface area (Å²) in [5, 5.41) is 0. The molecule has 2 rings (SSSR count). The molecule has 166 valence electrons. The van der Waals surface area contributed by atoms with Gasteiger partial charge in [0.2, 0.25) is 11.8 Å². The third-order valence-corrected chi connectivity index (χ3v) is 6.06. The molecule has 0 bridgehead atoms.